The van der Waals surface area contributed by atoms with E-state index in [1.807, 2.05) is 50.7 Å². The van der Waals surface area contributed by atoms with Crippen molar-refractivity contribution in [2.24, 2.45) is 7.05 Å². The van der Waals surface area contributed by atoms with Gasteiger partial charge in [0.05, 0.1) is 0 Å². The third-order valence-electron chi connectivity index (χ3n) is 5.77. The van der Waals surface area contributed by atoms with Crippen LogP contribution in [0.3, 0.4) is 0 Å². The zero-order chi connectivity index (χ0) is 23.7. The van der Waals surface area contributed by atoms with Crippen LogP contribution in [-0.2, 0) is 7.05 Å². The lowest BCUT2D eigenvalue weighted by atomic mass is 9.98. The molecule has 0 radical (unpaired) electrons. The van der Waals surface area contributed by atoms with Crippen LogP contribution in [0.25, 0.3) is 44.0 Å². The molecule has 0 aliphatic heterocycles. The van der Waals surface area contributed by atoms with Crippen molar-refractivity contribution in [3.63, 3.8) is 0 Å². The van der Waals surface area contributed by atoms with Gasteiger partial charge in [0.15, 0.2) is 5.58 Å². The van der Waals surface area contributed by atoms with E-state index in [1.54, 1.807) is 12.1 Å². The maximum Gasteiger partial charge on any atom is 0.213 e. The number of furan rings is 1. The van der Waals surface area contributed by atoms with Gasteiger partial charge in [-0.1, -0.05) is 49.7 Å². The molecule has 0 fully saturated rings. The first-order valence-corrected chi connectivity index (χ1v) is 9.83. The van der Waals surface area contributed by atoms with Gasteiger partial charge in [-0.05, 0) is 59.8 Å². The topological polar surface area (TPSA) is 17.0 Å². The number of fused-ring (bicyclic) bond motifs is 4. The molecular formula is C27H26NO+. The SMILES string of the molecule is [2H]C([2H])([2H])c1ccc(-c2cc3c(c[n+]2C)oc2cc4cc(C([2H])(C)C)ccc4cc23)c(C)c1. The molecule has 2 aromatic heterocycles. The summed E-state index contributed by atoms with van der Waals surface area (Å²) < 4.78 is 39.6. The van der Waals surface area contributed by atoms with E-state index in [9.17, 15) is 0 Å². The summed E-state index contributed by atoms with van der Waals surface area (Å²) in [6.07, 6.45) is 1.98. The summed E-state index contributed by atoms with van der Waals surface area (Å²) in [6.45, 7) is 3.61. The van der Waals surface area contributed by atoms with Crippen LogP contribution in [0, 0.1) is 13.8 Å². The molecule has 0 spiro atoms. The summed E-state index contributed by atoms with van der Waals surface area (Å²) in [5, 5.41) is 4.21. The largest absolute Gasteiger partial charge is 0.450 e. The van der Waals surface area contributed by atoms with E-state index >= 15 is 0 Å². The Kier molecular flexibility index (Phi) is 3.10. The van der Waals surface area contributed by atoms with Crippen LogP contribution in [0.1, 0.15) is 41.9 Å². The van der Waals surface area contributed by atoms with Gasteiger partial charge in [0.25, 0.3) is 0 Å². The second-order valence-electron chi connectivity index (χ2n) is 8.09. The fourth-order valence-corrected chi connectivity index (χ4v) is 4.14. The molecule has 2 heterocycles. The van der Waals surface area contributed by atoms with Crippen LogP contribution in [0.4, 0.5) is 0 Å². The first-order chi connectivity index (χ1) is 15.4. The van der Waals surface area contributed by atoms with E-state index in [0.717, 1.165) is 55.1 Å². The Hall–Kier alpha value is -3.13. The molecule has 0 atom stereocenters. The van der Waals surface area contributed by atoms with Gasteiger partial charge in [-0.15, -0.1) is 0 Å². The average molecular weight is 385 g/mol. The molecule has 2 heteroatoms. The highest BCUT2D eigenvalue weighted by Crippen LogP contribution is 2.34. The molecule has 0 N–H and O–H groups in total. The Morgan fingerprint density at radius 3 is 2.52 bits per heavy atom. The zero-order valence-corrected chi connectivity index (χ0v) is 17.1. The van der Waals surface area contributed by atoms with Crippen LogP contribution in [0.15, 0.2) is 65.2 Å². The second-order valence-corrected chi connectivity index (χ2v) is 8.09. The van der Waals surface area contributed by atoms with Crippen molar-refractivity contribution in [2.45, 2.75) is 33.5 Å². The Morgan fingerprint density at radius 1 is 0.931 bits per heavy atom. The molecule has 2 nitrogen and oxygen atoms in total. The number of hydrogen-bond donors (Lipinski definition) is 0. The Morgan fingerprint density at radius 2 is 1.76 bits per heavy atom. The van der Waals surface area contributed by atoms with Gasteiger partial charge >= 0.3 is 0 Å². The molecule has 0 saturated heterocycles. The molecule has 3 aromatic carbocycles. The normalized spacial score (nSPS) is 14.8. The number of benzene rings is 3. The minimum atomic E-state index is -2.12. The summed E-state index contributed by atoms with van der Waals surface area (Å²) in [6, 6.07) is 17.8. The lowest BCUT2D eigenvalue weighted by Gasteiger charge is -2.07. The number of aromatic nitrogens is 1. The first kappa shape index (κ1) is 13.9. The van der Waals surface area contributed by atoms with E-state index in [1.165, 1.54) is 0 Å². The summed E-state index contributed by atoms with van der Waals surface area (Å²) in [7, 11) is 1.97. The van der Waals surface area contributed by atoms with E-state index in [2.05, 4.69) is 30.3 Å². The smallest absolute Gasteiger partial charge is 0.213 e. The molecule has 29 heavy (non-hydrogen) atoms. The van der Waals surface area contributed by atoms with Crippen molar-refractivity contribution in [3.05, 3.63) is 77.5 Å². The van der Waals surface area contributed by atoms with Gasteiger partial charge in [-0.3, -0.25) is 0 Å². The maximum absolute atomic E-state index is 8.34. The lowest BCUT2D eigenvalue weighted by Crippen LogP contribution is -2.30. The molecular weight excluding hydrogens is 354 g/mol. The average Bonchev–Trinajstić information content (AvgIpc) is 3.05. The van der Waals surface area contributed by atoms with Gasteiger partial charge in [-0.25, -0.2) is 0 Å². The maximum atomic E-state index is 8.34. The quantitative estimate of drug-likeness (QED) is 0.300. The van der Waals surface area contributed by atoms with Crippen molar-refractivity contribution in [3.8, 4) is 11.3 Å². The Labute approximate surface area is 177 Å². The van der Waals surface area contributed by atoms with Crippen molar-refractivity contribution in [1.29, 1.82) is 0 Å². The summed E-state index contributed by atoms with van der Waals surface area (Å²) in [5.41, 5.74) is 5.82. The predicted octanol–water partition coefficient (Wildman–Crippen LogP) is 6.97. The highest BCUT2D eigenvalue weighted by Gasteiger charge is 2.18. The van der Waals surface area contributed by atoms with Crippen LogP contribution in [0.2, 0.25) is 0 Å². The predicted molar refractivity (Wildman–Crippen MR) is 121 cm³/mol. The van der Waals surface area contributed by atoms with E-state index < -0.39 is 12.7 Å². The van der Waals surface area contributed by atoms with Crippen LogP contribution in [-0.4, -0.2) is 0 Å². The fourth-order valence-electron chi connectivity index (χ4n) is 4.14. The number of nitrogens with zero attached hydrogens (tertiary/aromatic N) is 1. The Bertz CT molecular complexity index is 1550. The van der Waals surface area contributed by atoms with E-state index in [0.29, 0.717) is 5.56 Å². The number of pyridine rings is 1. The number of hydrogen-bond acceptors (Lipinski definition) is 1. The molecule has 0 unspecified atom stereocenters. The highest BCUT2D eigenvalue weighted by atomic mass is 16.3. The third-order valence-corrected chi connectivity index (χ3v) is 5.77. The van der Waals surface area contributed by atoms with Crippen molar-refractivity contribution in [1.82, 2.24) is 0 Å². The van der Waals surface area contributed by atoms with Gasteiger partial charge in [0.2, 0.25) is 11.9 Å². The van der Waals surface area contributed by atoms with Gasteiger partial charge in [-0.2, -0.15) is 4.57 Å². The van der Waals surface area contributed by atoms with Crippen molar-refractivity contribution in [2.75, 3.05) is 0 Å². The molecule has 0 amide bonds. The van der Waals surface area contributed by atoms with Gasteiger partial charge in [0.1, 0.15) is 12.6 Å². The van der Waals surface area contributed by atoms with Crippen LogP contribution in [0.5, 0.6) is 0 Å². The zero-order valence-electron chi connectivity index (χ0n) is 21.1. The van der Waals surface area contributed by atoms with Crippen molar-refractivity contribution < 1.29 is 14.5 Å². The van der Waals surface area contributed by atoms with Crippen molar-refractivity contribution >= 4 is 32.7 Å². The molecule has 0 aliphatic carbocycles. The summed E-state index contributed by atoms with van der Waals surface area (Å²) >= 11 is 0. The summed E-state index contributed by atoms with van der Waals surface area (Å²) in [4.78, 5) is 0. The first-order valence-electron chi connectivity index (χ1n) is 11.8. The fraction of sp³-hybridized carbons (Fsp3) is 0.222. The van der Waals surface area contributed by atoms with E-state index in [4.69, 9.17) is 9.90 Å². The van der Waals surface area contributed by atoms with Crippen LogP contribution < -0.4 is 4.57 Å². The lowest BCUT2D eigenvalue weighted by molar-refractivity contribution is -0.659. The minimum Gasteiger partial charge on any atom is -0.450 e. The van der Waals surface area contributed by atoms with E-state index in [-0.39, 0.29) is 0 Å². The minimum absolute atomic E-state index is 0.350. The third kappa shape index (κ3) is 2.91. The molecule has 5 aromatic rings. The molecule has 5 rings (SSSR count). The summed E-state index contributed by atoms with van der Waals surface area (Å²) in [5.74, 6) is -0.660. The second kappa shape index (κ2) is 6.45. The Balaban J connectivity index is 1.71. The number of rotatable bonds is 2. The van der Waals surface area contributed by atoms with Gasteiger partial charge in [0, 0.05) is 27.9 Å². The standard InChI is InChI=1S/C27H26NO/c1-16(2)19-7-8-20-12-23-24-14-25(22-9-6-17(3)10-18(22)4)28(5)15-27(24)29-26(23)13-21(20)11-19/h6-16H,1-5H3/q+1/i3D3,16D. The van der Waals surface area contributed by atoms with Gasteiger partial charge < -0.3 is 4.42 Å². The molecule has 0 saturated carbocycles. The molecule has 144 valence electrons. The molecule has 0 bridgehead atoms. The number of aryl methyl sites for hydroxylation is 3. The van der Waals surface area contributed by atoms with Crippen LogP contribution >= 0.6 is 0 Å². The molecule has 0 aliphatic rings. The highest BCUT2D eigenvalue weighted by molar-refractivity contribution is 6.10. The monoisotopic (exact) mass is 384 g/mol.